The lowest BCUT2D eigenvalue weighted by molar-refractivity contribution is -0.169. The van der Waals surface area contributed by atoms with Gasteiger partial charge in [-0.25, -0.2) is 0 Å². The van der Waals surface area contributed by atoms with Crippen molar-refractivity contribution in [2.45, 2.75) is 77.4 Å². The van der Waals surface area contributed by atoms with Crippen LogP contribution in [0.5, 0.6) is 0 Å². The molecule has 4 saturated carbocycles. The molecular weight excluding hydrogens is 276 g/mol. The number of hydrogen-bond acceptors (Lipinski definition) is 3. The van der Waals surface area contributed by atoms with Gasteiger partial charge in [-0.1, -0.05) is 20.3 Å². The third-order valence-corrected chi connectivity index (χ3v) is 8.25. The van der Waals surface area contributed by atoms with Crippen LogP contribution in [0.2, 0.25) is 0 Å². The molecule has 8 atom stereocenters. The van der Waals surface area contributed by atoms with Crippen molar-refractivity contribution in [1.29, 1.82) is 0 Å². The standard InChI is InChI=1S/C19H30O3/c1-18-9-3-4-14(20)13(18)6-5-11-12-7-8-16(22)19(12,2)10-15(21)17(11)18/h11-14,16-17,20,22H,3-10H2,1-2H3/t11-,12-,13-,14+,16-,17+,18-,19-/m0/s1. The van der Waals surface area contributed by atoms with Gasteiger partial charge in [0.05, 0.1) is 12.2 Å². The van der Waals surface area contributed by atoms with Crippen LogP contribution in [0.3, 0.4) is 0 Å². The molecule has 0 aromatic rings. The minimum Gasteiger partial charge on any atom is -0.393 e. The van der Waals surface area contributed by atoms with Gasteiger partial charge in [-0.3, -0.25) is 4.79 Å². The van der Waals surface area contributed by atoms with Crippen molar-refractivity contribution in [3.05, 3.63) is 0 Å². The maximum Gasteiger partial charge on any atom is 0.137 e. The fourth-order valence-corrected chi connectivity index (χ4v) is 7.18. The molecule has 0 aliphatic heterocycles. The summed E-state index contributed by atoms with van der Waals surface area (Å²) in [6, 6.07) is 0. The largest absolute Gasteiger partial charge is 0.393 e. The van der Waals surface area contributed by atoms with Gasteiger partial charge in [0.15, 0.2) is 0 Å². The molecule has 0 aromatic carbocycles. The molecule has 0 radical (unpaired) electrons. The average Bonchev–Trinajstić information content (AvgIpc) is 2.73. The fourth-order valence-electron chi connectivity index (χ4n) is 7.18. The summed E-state index contributed by atoms with van der Waals surface area (Å²) in [4.78, 5) is 13.1. The van der Waals surface area contributed by atoms with Crippen LogP contribution in [0.1, 0.15) is 65.2 Å². The van der Waals surface area contributed by atoms with Crippen LogP contribution in [0.4, 0.5) is 0 Å². The second kappa shape index (κ2) is 4.80. The lowest BCUT2D eigenvalue weighted by Gasteiger charge is -2.59. The Labute approximate surface area is 133 Å². The van der Waals surface area contributed by atoms with Crippen molar-refractivity contribution < 1.29 is 15.0 Å². The van der Waals surface area contributed by atoms with Gasteiger partial charge in [-0.05, 0) is 61.7 Å². The zero-order valence-electron chi connectivity index (χ0n) is 13.9. The number of ketones is 1. The molecule has 4 fully saturated rings. The van der Waals surface area contributed by atoms with Gasteiger partial charge in [-0.2, -0.15) is 0 Å². The Bertz CT molecular complexity index is 489. The smallest absolute Gasteiger partial charge is 0.137 e. The molecule has 0 heterocycles. The molecule has 0 unspecified atom stereocenters. The Hall–Kier alpha value is -0.410. The van der Waals surface area contributed by atoms with E-state index in [1.807, 2.05) is 0 Å². The zero-order chi connectivity index (χ0) is 15.7. The van der Waals surface area contributed by atoms with E-state index in [9.17, 15) is 15.0 Å². The average molecular weight is 306 g/mol. The topological polar surface area (TPSA) is 57.5 Å². The van der Waals surface area contributed by atoms with E-state index in [0.717, 1.165) is 44.9 Å². The number of carbonyl (C=O) groups is 1. The number of carbonyl (C=O) groups excluding carboxylic acids is 1. The highest BCUT2D eigenvalue weighted by Crippen LogP contribution is 2.65. The molecule has 4 rings (SSSR count). The van der Waals surface area contributed by atoms with E-state index >= 15 is 0 Å². The van der Waals surface area contributed by atoms with Gasteiger partial charge in [0.25, 0.3) is 0 Å². The normalized spacial score (nSPS) is 57.9. The second-order valence-corrected chi connectivity index (χ2v) is 9.14. The Morgan fingerprint density at radius 3 is 2.45 bits per heavy atom. The molecule has 124 valence electrons. The van der Waals surface area contributed by atoms with Crippen LogP contribution in [0.25, 0.3) is 0 Å². The molecule has 0 bridgehead atoms. The Kier molecular flexibility index (Phi) is 3.30. The van der Waals surface area contributed by atoms with Crippen molar-refractivity contribution in [2.24, 2.45) is 34.5 Å². The third kappa shape index (κ3) is 1.78. The lowest BCUT2D eigenvalue weighted by atomic mass is 9.44. The first-order chi connectivity index (χ1) is 10.4. The van der Waals surface area contributed by atoms with Crippen LogP contribution in [0.15, 0.2) is 0 Å². The minimum absolute atomic E-state index is 0.00740. The molecule has 2 N–H and O–H groups in total. The molecular formula is C19H30O3. The molecule has 3 heteroatoms. The van der Waals surface area contributed by atoms with Crippen molar-refractivity contribution in [3.8, 4) is 0 Å². The summed E-state index contributed by atoms with van der Waals surface area (Å²) in [5, 5.41) is 20.9. The van der Waals surface area contributed by atoms with Crippen molar-refractivity contribution in [1.82, 2.24) is 0 Å². The number of aliphatic hydroxyl groups is 2. The monoisotopic (exact) mass is 306 g/mol. The van der Waals surface area contributed by atoms with Gasteiger partial charge in [0.1, 0.15) is 5.78 Å². The Morgan fingerprint density at radius 1 is 0.955 bits per heavy atom. The highest BCUT2D eigenvalue weighted by Gasteiger charge is 2.63. The quantitative estimate of drug-likeness (QED) is 0.723. The summed E-state index contributed by atoms with van der Waals surface area (Å²) in [5.74, 6) is 1.76. The Balaban J connectivity index is 1.72. The SMILES string of the molecule is C[C@]12CCC[C@@H](O)[C@@H]1CC[C@H]1[C@@H]3CC[C@H](O)[C@@]3(C)CC(=O)[C@@H]12. The first-order valence-electron chi connectivity index (χ1n) is 9.27. The summed E-state index contributed by atoms with van der Waals surface area (Å²) in [7, 11) is 0. The Morgan fingerprint density at radius 2 is 1.68 bits per heavy atom. The summed E-state index contributed by atoms with van der Waals surface area (Å²) in [5.41, 5.74) is -0.193. The first kappa shape index (κ1) is 15.1. The molecule has 4 aliphatic carbocycles. The summed E-state index contributed by atoms with van der Waals surface area (Å²) in [6.07, 6.45) is 7.16. The number of fused-ring (bicyclic) bond motifs is 5. The molecule has 22 heavy (non-hydrogen) atoms. The molecule has 3 nitrogen and oxygen atoms in total. The van der Waals surface area contributed by atoms with Crippen LogP contribution >= 0.6 is 0 Å². The van der Waals surface area contributed by atoms with E-state index in [-0.39, 0.29) is 29.0 Å². The van der Waals surface area contributed by atoms with E-state index in [0.29, 0.717) is 30.0 Å². The second-order valence-electron chi connectivity index (χ2n) is 9.14. The summed E-state index contributed by atoms with van der Waals surface area (Å²) in [6.45, 7) is 4.43. The summed E-state index contributed by atoms with van der Waals surface area (Å²) < 4.78 is 0. The van der Waals surface area contributed by atoms with Crippen LogP contribution in [-0.2, 0) is 4.79 Å². The van der Waals surface area contributed by atoms with Crippen molar-refractivity contribution in [3.63, 3.8) is 0 Å². The van der Waals surface area contributed by atoms with E-state index in [1.165, 1.54) is 0 Å². The molecule has 0 saturated heterocycles. The lowest BCUT2D eigenvalue weighted by Crippen LogP contribution is -2.59. The molecule has 0 spiro atoms. The predicted octanol–water partition coefficient (Wildman–Crippen LogP) is 2.93. The number of rotatable bonds is 0. The number of Topliss-reactive ketones (excluding diaryl/α,β-unsaturated/α-hetero) is 1. The maximum atomic E-state index is 13.1. The number of aliphatic hydroxyl groups excluding tert-OH is 2. The summed E-state index contributed by atoms with van der Waals surface area (Å²) >= 11 is 0. The molecule has 4 aliphatic rings. The molecule has 0 aromatic heterocycles. The fraction of sp³-hybridized carbons (Fsp3) is 0.947. The highest BCUT2D eigenvalue weighted by atomic mass is 16.3. The number of hydrogen-bond donors (Lipinski definition) is 2. The predicted molar refractivity (Wildman–Crippen MR) is 84.1 cm³/mol. The van der Waals surface area contributed by atoms with Gasteiger partial charge >= 0.3 is 0 Å². The highest BCUT2D eigenvalue weighted by molar-refractivity contribution is 5.84. The molecule has 0 amide bonds. The van der Waals surface area contributed by atoms with Crippen molar-refractivity contribution in [2.75, 3.05) is 0 Å². The third-order valence-electron chi connectivity index (χ3n) is 8.25. The van der Waals surface area contributed by atoms with Gasteiger partial charge in [0, 0.05) is 17.8 Å². The van der Waals surface area contributed by atoms with E-state index in [2.05, 4.69) is 13.8 Å². The minimum atomic E-state index is -0.301. The zero-order valence-corrected chi connectivity index (χ0v) is 13.9. The first-order valence-corrected chi connectivity index (χ1v) is 9.27. The van der Waals surface area contributed by atoms with Crippen LogP contribution in [-0.4, -0.2) is 28.2 Å². The maximum absolute atomic E-state index is 13.1. The van der Waals surface area contributed by atoms with Gasteiger partial charge < -0.3 is 10.2 Å². The van der Waals surface area contributed by atoms with E-state index in [1.54, 1.807) is 0 Å². The van der Waals surface area contributed by atoms with Gasteiger partial charge in [-0.15, -0.1) is 0 Å². The van der Waals surface area contributed by atoms with Crippen LogP contribution < -0.4 is 0 Å². The van der Waals surface area contributed by atoms with Crippen molar-refractivity contribution >= 4 is 5.78 Å². The van der Waals surface area contributed by atoms with Crippen LogP contribution in [0, 0.1) is 34.5 Å². The van der Waals surface area contributed by atoms with Gasteiger partial charge in [0.2, 0.25) is 0 Å². The van der Waals surface area contributed by atoms with E-state index in [4.69, 9.17) is 0 Å². The van der Waals surface area contributed by atoms with E-state index < -0.39 is 0 Å².